The second-order valence-electron chi connectivity index (χ2n) is 5.07. The Morgan fingerprint density at radius 1 is 1.10 bits per heavy atom. The van der Waals surface area contributed by atoms with Gasteiger partial charge in [0, 0.05) is 26.5 Å². The monoisotopic (exact) mass is 270 g/mol. The summed E-state index contributed by atoms with van der Waals surface area (Å²) < 4.78 is 5.19. The van der Waals surface area contributed by atoms with E-state index in [1.54, 1.807) is 7.11 Å². The molecule has 0 aliphatic carbocycles. The molecule has 0 radical (unpaired) electrons. The number of hydrogen-bond acceptors (Lipinski definition) is 3. The normalized spacial score (nSPS) is 13.9. The molecule has 106 valence electrons. The van der Waals surface area contributed by atoms with Crippen LogP contribution in [0.3, 0.4) is 0 Å². The van der Waals surface area contributed by atoms with E-state index in [1.807, 2.05) is 24.4 Å². The van der Waals surface area contributed by atoms with Crippen LogP contribution in [-0.2, 0) is 4.74 Å². The number of nitrogens with one attached hydrogen (secondary N) is 1. The lowest BCUT2D eigenvalue weighted by atomic mass is 10.0. The standard InChI is InChI=1S/C17H22N2O/c1-14(13-20-2)12-19-17(15-8-4-3-5-9-15)16-10-6-7-11-18-16/h3-11,14,17,19H,12-13H2,1-2H3. The van der Waals surface area contributed by atoms with Gasteiger partial charge in [0.05, 0.1) is 11.7 Å². The van der Waals surface area contributed by atoms with E-state index < -0.39 is 0 Å². The highest BCUT2D eigenvalue weighted by atomic mass is 16.5. The van der Waals surface area contributed by atoms with Crippen LogP contribution < -0.4 is 5.32 Å². The molecule has 20 heavy (non-hydrogen) atoms. The molecule has 3 nitrogen and oxygen atoms in total. The van der Waals surface area contributed by atoms with Crippen LogP contribution in [0.4, 0.5) is 0 Å². The largest absolute Gasteiger partial charge is 0.384 e. The summed E-state index contributed by atoms with van der Waals surface area (Å²) in [4.78, 5) is 4.49. The van der Waals surface area contributed by atoms with Crippen LogP contribution in [0, 0.1) is 5.92 Å². The van der Waals surface area contributed by atoms with Crippen molar-refractivity contribution in [3.05, 3.63) is 66.0 Å². The summed E-state index contributed by atoms with van der Waals surface area (Å²) in [5, 5.41) is 3.59. The van der Waals surface area contributed by atoms with Gasteiger partial charge in [-0.25, -0.2) is 0 Å². The number of pyridine rings is 1. The van der Waals surface area contributed by atoms with Gasteiger partial charge in [-0.05, 0) is 23.6 Å². The molecular formula is C17H22N2O. The zero-order valence-corrected chi connectivity index (χ0v) is 12.1. The van der Waals surface area contributed by atoms with Crippen molar-refractivity contribution in [2.24, 2.45) is 5.92 Å². The Balaban J connectivity index is 2.13. The first kappa shape index (κ1) is 14.7. The number of methoxy groups -OCH3 is 1. The van der Waals surface area contributed by atoms with Crippen LogP contribution in [0.5, 0.6) is 0 Å². The Kier molecular flexibility index (Phi) is 5.71. The van der Waals surface area contributed by atoms with Gasteiger partial charge in [0.25, 0.3) is 0 Å². The van der Waals surface area contributed by atoms with E-state index in [1.165, 1.54) is 5.56 Å². The third-order valence-corrected chi connectivity index (χ3v) is 3.24. The van der Waals surface area contributed by atoms with Crippen LogP contribution in [0.1, 0.15) is 24.2 Å². The van der Waals surface area contributed by atoms with E-state index in [-0.39, 0.29) is 6.04 Å². The molecule has 0 aliphatic heterocycles. The Hall–Kier alpha value is -1.71. The fourth-order valence-corrected chi connectivity index (χ4v) is 2.25. The minimum Gasteiger partial charge on any atom is -0.384 e. The SMILES string of the molecule is COCC(C)CNC(c1ccccc1)c1ccccn1. The van der Waals surface area contributed by atoms with Gasteiger partial charge >= 0.3 is 0 Å². The number of hydrogen-bond donors (Lipinski definition) is 1. The van der Waals surface area contributed by atoms with Crippen molar-refractivity contribution >= 4 is 0 Å². The molecule has 0 aliphatic rings. The molecule has 1 heterocycles. The zero-order chi connectivity index (χ0) is 14.2. The first-order chi connectivity index (χ1) is 9.81. The maximum atomic E-state index is 5.19. The predicted octanol–water partition coefficient (Wildman–Crippen LogP) is 3.04. The highest BCUT2D eigenvalue weighted by Gasteiger charge is 2.15. The molecule has 2 aromatic rings. The van der Waals surface area contributed by atoms with E-state index >= 15 is 0 Å². The lowest BCUT2D eigenvalue weighted by Crippen LogP contribution is -2.29. The molecule has 0 spiro atoms. The second kappa shape index (κ2) is 7.78. The third kappa shape index (κ3) is 4.15. The molecule has 0 saturated heterocycles. The fraction of sp³-hybridized carbons (Fsp3) is 0.353. The van der Waals surface area contributed by atoms with Gasteiger partial charge in [-0.2, -0.15) is 0 Å². The second-order valence-corrected chi connectivity index (χ2v) is 5.07. The van der Waals surface area contributed by atoms with Crippen molar-refractivity contribution in [3.63, 3.8) is 0 Å². The Morgan fingerprint density at radius 2 is 1.85 bits per heavy atom. The van der Waals surface area contributed by atoms with Crippen molar-refractivity contribution in [2.75, 3.05) is 20.3 Å². The van der Waals surface area contributed by atoms with Crippen molar-refractivity contribution in [1.29, 1.82) is 0 Å². The van der Waals surface area contributed by atoms with E-state index in [9.17, 15) is 0 Å². The van der Waals surface area contributed by atoms with E-state index in [4.69, 9.17) is 4.74 Å². The van der Waals surface area contributed by atoms with Crippen LogP contribution in [0.25, 0.3) is 0 Å². The first-order valence-corrected chi connectivity index (χ1v) is 6.99. The highest BCUT2D eigenvalue weighted by molar-refractivity contribution is 5.27. The Bertz CT molecular complexity index is 447. The van der Waals surface area contributed by atoms with Crippen molar-refractivity contribution in [3.8, 4) is 0 Å². The van der Waals surface area contributed by atoms with Gasteiger partial charge in [-0.15, -0.1) is 0 Å². The summed E-state index contributed by atoms with van der Waals surface area (Å²) >= 11 is 0. The molecule has 0 bridgehead atoms. The summed E-state index contributed by atoms with van der Waals surface area (Å²) in [5.74, 6) is 0.468. The van der Waals surface area contributed by atoms with Gasteiger partial charge in [0.2, 0.25) is 0 Å². The topological polar surface area (TPSA) is 34.1 Å². The maximum Gasteiger partial charge on any atom is 0.0751 e. The third-order valence-electron chi connectivity index (χ3n) is 3.24. The van der Waals surface area contributed by atoms with Gasteiger partial charge in [-0.3, -0.25) is 4.98 Å². The number of nitrogens with zero attached hydrogens (tertiary/aromatic N) is 1. The average molecular weight is 270 g/mol. The molecule has 1 N–H and O–H groups in total. The van der Waals surface area contributed by atoms with Crippen LogP contribution in [-0.4, -0.2) is 25.2 Å². The van der Waals surface area contributed by atoms with Crippen molar-refractivity contribution in [2.45, 2.75) is 13.0 Å². The Labute approximate surface area is 121 Å². The summed E-state index contributed by atoms with van der Waals surface area (Å²) in [7, 11) is 1.74. The number of rotatable bonds is 7. The van der Waals surface area contributed by atoms with Crippen LogP contribution in [0.2, 0.25) is 0 Å². The highest BCUT2D eigenvalue weighted by Crippen LogP contribution is 2.20. The molecule has 0 saturated carbocycles. The van der Waals surface area contributed by atoms with Crippen LogP contribution in [0.15, 0.2) is 54.7 Å². The maximum absolute atomic E-state index is 5.19. The summed E-state index contributed by atoms with van der Waals surface area (Å²) in [5.41, 5.74) is 2.28. The molecular weight excluding hydrogens is 248 g/mol. The zero-order valence-electron chi connectivity index (χ0n) is 12.1. The number of aromatic nitrogens is 1. The minimum absolute atomic E-state index is 0.122. The van der Waals surface area contributed by atoms with Crippen molar-refractivity contribution < 1.29 is 4.74 Å². The van der Waals surface area contributed by atoms with E-state index in [0.717, 1.165) is 18.8 Å². The quantitative estimate of drug-likeness (QED) is 0.839. The minimum atomic E-state index is 0.122. The first-order valence-electron chi connectivity index (χ1n) is 6.99. The molecule has 2 rings (SSSR count). The van der Waals surface area contributed by atoms with Gasteiger partial charge in [-0.1, -0.05) is 43.3 Å². The number of benzene rings is 1. The molecule has 2 unspecified atom stereocenters. The summed E-state index contributed by atoms with van der Waals surface area (Å²) in [6.07, 6.45) is 1.84. The lowest BCUT2D eigenvalue weighted by Gasteiger charge is -2.21. The molecule has 1 aromatic heterocycles. The van der Waals surface area contributed by atoms with E-state index in [0.29, 0.717) is 5.92 Å². The fourth-order valence-electron chi connectivity index (χ4n) is 2.25. The molecule has 0 fully saturated rings. The van der Waals surface area contributed by atoms with Gasteiger partial charge < -0.3 is 10.1 Å². The lowest BCUT2D eigenvalue weighted by molar-refractivity contribution is 0.157. The molecule has 2 atom stereocenters. The van der Waals surface area contributed by atoms with Gasteiger partial charge in [0.15, 0.2) is 0 Å². The summed E-state index contributed by atoms with van der Waals surface area (Å²) in [6.45, 7) is 3.83. The smallest absolute Gasteiger partial charge is 0.0751 e. The molecule has 0 amide bonds. The molecule has 1 aromatic carbocycles. The van der Waals surface area contributed by atoms with E-state index in [2.05, 4.69) is 47.6 Å². The summed E-state index contributed by atoms with van der Waals surface area (Å²) in [6, 6.07) is 16.6. The number of ether oxygens (including phenoxy) is 1. The molecule has 3 heteroatoms. The van der Waals surface area contributed by atoms with Crippen molar-refractivity contribution in [1.82, 2.24) is 10.3 Å². The predicted molar refractivity (Wildman–Crippen MR) is 81.6 cm³/mol. The van der Waals surface area contributed by atoms with Crippen LogP contribution >= 0.6 is 0 Å². The Morgan fingerprint density at radius 3 is 2.50 bits per heavy atom. The van der Waals surface area contributed by atoms with Gasteiger partial charge in [0.1, 0.15) is 0 Å². The average Bonchev–Trinajstić information content (AvgIpc) is 2.50.